The summed E-state index contributed by atoms with van der Waals surface area (Å²) in [5.41, 5.74) is 7.98. The number of fused-ring (bicyclic) bond motifs is 1. The Morgan fingerprint density at radius 1 is 1.41 bits per heavy atom. The molecule has 2 aliphatic rings. The summed E-state index contributed by atoms with van der Waals surface area (Å²) in [7, 11) is 0. The van der Waals surface area contributed by atoms with Gasteiger partial charge in [0.25, 0.3) is 0 Å². The first kappa shape index (κ1) is 24.4. The van der Waals surface area contributed by atoms with Gasteiger partial charge >= 0.3 is 11.9 Å². The number of carboxylic acids is 1. The van der Waals surface area contributed by atoms with Crippen LogP contribution in [0.1, 0.15) is 38.3 Å². The second kappa shape index (κ2) is 9.74. The van der Waals surface area contributed by atoms with Crippen LogP contribution in [-0.4, -0.2) is 56.1 Å². The van der Waals surface area contributed by atoms with Crippen LogP contribution in [0.25, 0.3) is 6.08 Å². The highest BCUT2D eigenvalue weighted by Gasteiger charge is 2.59. The van der Waals surface area contributed by atoms with E-state index in [2.05, 4.69) is 4.98 Å². The van der Waals surface area contributed by atoms with Crippen LogP contribution in [0.4, 0.5) is 0 Å². The van der Waals surface area contributed by atoms with Crippen molar-refractivity contribution in [2.24, 2.45) is 23.5 Å². The highest BCUT2D eigenvalue weighted by Crippen LogP contribution is 2.50. The van der Waals surface area contributed by atoms with Gasteiger partial charge in [-0.3, -0.25) is 9.59 Å². The molecule has 0 bridgehead atoms. The summed E-state index contributed by atoms with van der Waals surface area (Å²) in [4.78, 5) is 43.1. The summed E-state index contributed by atoms with van der Waals surface area (Å²) in [5.74, 6) is -2.87. The second-order valence-electron chi connectivity index (χ2n) is 8.23. The van der Waals surface area contributed by atoms with Gasteiger partial charge < -0.3 is 25.6 Å². The predicted octanol–water partition coefficient (Wildman–Crippen LogP) is 2.03. The molecule has 32 heavy (non-hydrogen) atoms. The Balaban J connectivity index is 1.70. The van der Waals surface area contributed by atoms with Gasteiger partial charge in [0.15, 0.2) is 0 Å². The van der Waals surface area contributed by atoms with Crippen molar-refractivity contribution in [2.45, 2.75) is 52.5 Å². The van der Waals surface area contributed by atoms with E-state index in [-0.39, 0.29) is 36.1 Å². The lowest BCUT2D eigenvalue weighted by Gasteiger charge is -2.46. The number of aromatic nitrogens is 1. The smallest absolute Gasteiger partial charge is 0.353 e. The largest absolute Gasteiger partial charge is 0.477 e. The minimum atomic E-state index is -1.17. The first-order valence-corrected chi connectivity index (χ1v) is 12.0. The van der Waals surface area contributed by atoms with E-state index in [1.165, 1.54) is 28.0 Å². The highest BCUT2D eigenvalue weighted by atomic mass is 32.2. The minimum Gasteiger partial charge on any atom is -0.477 e. The van der Waals surface area contributed by atoms with E-state index in [0.717, 1.165) is 4.88 Å². The number of carboxylic acid groups (broad SMARTS) is 1. The number of esters is 1. The highest BCUT2D eigenvalue weighted by molar-refractivity contribution is 8.06. The van der Waals surface area contributed by atoms with E-state index in [1.54, 1.807) is 23.9 Å². The average Bonchev–Trinajstić information content (AvgIpc) is 3.26. The zero-order valence-corrected chi connectivity index (χ0v) is 19.9. The summed E-state index contributed by atoms with van der Waals surface area (Å²) in [6, 6.07) is -1.06. The van der Waals surface area contributed by atoms with Crippen LogP contribution in [0.5, 0.6) is 0 Å². The molecule has 0 aliphatic carbocycles. The Morgan fingerprint density at radius 3 is 2.69 bits per heavy atom. The molecular formula is C21H27N3O6S2. The molecule has 1 aromatic rings. The molecule has 3 heterocycles. The Kier molecular flexibility index (Phi) is 7.43. The number of carbonyl (C=O) groups excluding carboxylic acids is 2. The maximum atomic E-state index is 12.4. The van der Waals surface area contributed by atoms with E-state index < -0.39 is 30.0 Å². The zero-order chi connectivity index (χ0) is 23.7. The standard InChI is InChI=1S/C21H27N3O6S2/c1-9(2)15(22)21(29)30-7-12-13(32-8-23-12)5-6-31-18-10(3)16-14(11(4)25)19(26)24(16)17(18)20(27)28/h5-6,8-11,14-16,25H,7,22H2,1-4H3,(H,27,28)/t10-,11-,14-,15+,16-/m1/s1. The molecule has 5 atom stereocenters. The number of hydrogen-bond acceptors (Lipinski definition) is 9. The van der Waals surface area contributed by atoms with Crippen LogP contribution in [0.15, 0.2) is 21.5 Å². The SMILES string of the molecule is CC(C)[C@H](N)C(=O)OCc1ncsc1C=CSC1=C(C(=O)O)N2C(=O)[C@H]([C@@H](C)O)[C@H]2[C@H]1C. The van der Waals surface area contributed by atoms with E-state index in [9.17, 15) is 24.6 Å². The summed E-state index contributed by atoms with van der Waals surface area (Å²) in [5, 5.41) is 21.3. The van der Waals surface area contributed by atoms with Crippen LogP contribution in [0, 0.1) is 17.8 Å². The number of amides is 1. The number of thiazole rings is 1. The molecule has 0 radical (unpaired) electrons. The van der Waals surface area contributed by atoms with E-state index in [0.29, 0.717) is 10.6 Å². The Morgan fingerprint density at radius 2 is 2.09 bits per heavy atom. The van der Waals surface area contributed by atoms with Crippen LogP contribution in [0.3, 0.4) is 0 Å². The number of aliphatic hydroxyl groups excluding tert-OH is 1. The van der Waals surface area contributed by atoms with Crippen LogP contribution in [0.2, 0.25) is 0 Å². The number of aliphatic hydroxyl groups is 1. The van der Waals surface area contributed by atoms with Crippen LogP contribution in [-0.2, 0) is 25.7 Å². The van der Waals surface area contributed by atoms with E-state index >= 15 is 0 Å². The molecule has 1 saturated heterocycles. The Bertz CT molecular complexity index is 970. The third-order valence-corrected chi connectivity index (χ3v) is 7.67. The number of rotatable bonds is 9. The normalized spacial score (nSPS) is 24.7. The molecule has 174 valence electrons. The third-order valence-electron chi connectivity index (χ3n) is 5.74. The topological polar surface area (TPSA) is 143 Å². The van der Waals surface area contributed by atoms with Crippen molar-refractivity contribution in [2.75, 3.05) is 0 Å². The summed E-state index contributed by atoms with van der Waals surface area (Å²) in [6.45, 7) is 7.08. The third kappa shape index (κ3) is 4.47. The number of β-lactam (4-membered cyclic amide) rings is 1. The van der Waals surface area contributed by atoms with Gasteiger partial charge in [-0.1, -0.05) is 32.5 Å². The number of hydrogen-bond donors (Lipinski definition) is 3. The van der Waals surface area contributed by atoms with Crippen LogP contribution >= 0.6 is 23.1 Å². The van der Waals surface area contributed by atoms with Crippen molar-refractivity contribution < 1.29 is 29.3 Å². The van der Waals surface area contributed by atoms with Crippen molar-refractivity contribution in [3.05, 3.63) is 32.1 Å². The van der Waals surface area contributed by atoms with Crippen molar-refractivity contribution in [3.8, 4) is 0 Å². The fourth-order valence-corrected chi connectivity index (χ4v) is 5.65. The molecule has 1 aromatic heterocycles. The van der Waals surface area contributed by atoms with Gasteiger partial charge in [-0.15, -0.1) is 11.3 Å². The molecule has 2 aliphatic heterocycles. The number of nitrogens with zero attached hydrogens (tertiary/aromatic N) is 2. The van der Waals surface area contributed by atoms with Gasteiger partial charge in [0, 0.05) is 10.8 Å². The van der Waals surface area contributed by atoms with Crippen molar-refractivity contribution >= 4 is 47.0 Å². The predicted molar refractivity (Wildman–Crippen MR) is 121 cm³/mol. The molecule has 3 rings (SSSR count). The molecule has 11 heteroatoms. The Labute approximate surface area is 194 Å². The van der Waals surface area contributed by atoms with Crippen molar-refractivity contribution in [1.29, 1.82) is 0 Å². The number of aliphatic carboxylic acids is 1. The number of thioether (sulfide) groups is 1. The molecule has 9 nitrogen and oxygen atoms in total. The molecule has 0 saturated carbocycles. The average molecular weight is 482 g/mol. The quantitative estimate of drug-likeness (QED) is 0.356. The molecule has 0 unspecified atom stereocenters. The summed E-state index contributed by atoms with van der Waals surface area (Å²) < 4.78 is 5.26. The summed E-state index contributed by atoms with van der Waals surface area (Å²) in [6.07, 6.45) is 0.934. The number of nitrogens with two attached hydrogens (primary N) is 1. The van der Waals surface area contributed by atoms with Gasteiger partial charge in [0.05, 0.1) is 34.1 Å². The maximum absolute atomic E-state index is 12.4. The lowest BCUT2D eigenvalue weighted by Crippen LogP contribution is -2.63. The fraction of sp³-hybridized carbons (Fsp3) is 0.524. The number of carbonyl (C=O) groups is 3. The first-order chi connectivity index (χ1) is 15.1. The van der Waals surface area contributed by atoms with Gasteiger partial charge in [-0.25, -0.2) is 9.78 Å². The van der Waals surface area contributed by atoms with Crippen LogP contribution < -0.4 is 5.73 Å². The molecular weight excluding hydrogens is 454 g/mol. The molecule has 1 fully saturated rings. The Hall–Kier alpha value is -2.21. The van der Waals surface area contributed by atoms with Gasteiger partial charge in [0.2, 0.25) is 5.91 Å². The second-order valence-corrected chi connectivity index (χ2v) is 10.1. The van der Waals surface area contributed by atoms with E-state index in [1.807, 2.05) is 20.8 Å². The van der Waals surface area contributed by atoms with Crippen molar-refractivity contribution in [3.63, 3.8) is 0 Å². The fourth-order valence-electron chi connectivity index (χ4n) is 3.88. The lowest BCUT2D eigenvalue weighted by molar-refractivity contribution is -0.163. The molecule has 1 amide bonds. The zero-order valence-electron chi connectivity index (χ0n) is 18.2. The molecule has 0 aromatic carbocycles. The molecule has 4 N–H and O–H groups in total. The van der Waals surface area contributed by atoms with Gasteiger partial charge in [0.1, 0.15) is 18.3 Å². The van der Waals surface area contributed by atoms with E-state index in [4.69, 9.17) is 10.5 Å². The number of ether oxygens (including phenoxy) is 1. The minimum absolute atomic E-state index is 0.00695. The van der Waals surface area contributed by atoms with Gasteiger partial charge in [-0.05, 0) is 24.3 Å². The summed E-state index contributed by atoms with van der Waals surface area (Å²) >= 11 is 2.59. The lowest BCUT2D eigenvalue weighted by atomic mass is 9.79. The molecule has 0 spiro atoms. The first-order valence-electron chi connectivity index (χ1n) is 10.2. The van der Waals surface area contributed by atoms with Crippen molar-refractivity contribution in [1.82, 2.24) is 9.88 Å². The van der Waals surface area contributed by atoms with Gasteiger partial charge in [-0.2, -0.15) is 0 Å². The maximum Gasteiger partial charge on any atom is 0.353 e. The monoisotopic (exact) mass is 481 g/mol.